The van der Waals surface area contributed by atoms with Crippen LogP contribution in [0.1, 0.15) is 44.9 Å². The van der Waals surface area contributed by atoms with Crippen molar-refractivity contribution in [1.29, 1.82) is 0 Å². The van der Waals surface area contributed by atoms with Gasteiger partial charge in [-0.1, -0.05) is 0 Å². The van der Waals surface area contributed by atoms with Crippen molar-refractivity contribution in [2.75, 3.05) is 21.7 Å². The van der Waals surface area contributed by atoms with E-state index in [4.69, 9.17) is 0 Å². The van der Waals surface area contributed by atoms with E-state index >= 15 is 0 Å². The predicted molar refractivity (Wildman–Crippen MR) is 141 cm³/mol. The molecule has 2 aromatic carbocycles. The molecule has 4 saturated carbocycles. The molecule has 2 heterocycles. The second-order valence-corrected chi connectivity index (χ2v) is 12.5. The highest BCUT2D eigenvalue weighted by Gasteiger charge is 2.61. The summed E-state index contributed by atoms with van der Waals surface area (Å²) in [5.41, 5.74) is 3.50. The van der Waals surface area contributed by atoms with Gasteiger partial charge in [-0.15, -0.1) is 0 Å². The second kappa shape index (κ2) is 7.92. The largest absolute Gasteiger partial charge is 0.356 e. The molecule has 8 rings (SSSR count). The maximum atomic E-state index is 13.1. The number of nitrogens with zero attached hydrogens (tertiary/aromatic N) is 2. The molecule has 8 atom stereocenters. The van der Waals surface area contributed by atoms with E-state index < -0.39 is 0 Å². The molecule has 6 nitrogen and oxygen atoms in total. The molecule has 0 radical (unpaired) electrons. The Hall–Kier alpha value is -3.15. The van der Waals surface area contributed by atoms with E-state index in [1.807, 2.05) is 53.4 Å². The first-order valence-corrected chi connectivity index (χ1v) is 14.2. The van der Waals surface area contributed by atoms with Crippen molar-refractivity contribution in [2.45, 2.75) is 44.9 Å². The zero-order valence-electron chi connectivity index (χ0n) is 21.0. The third-order valence-corrected chi connectivity index (χ3v) is 10.9. The summed E-state index contributed by atoms with van der Waals surface area (Å²) < 4.78 is 0. The van der Waals surface area contributed by atoms with Gasteiger partial charge in [-0.05, 0) is 123 Å². The molecule has 2 saturated heterocycles. The Morgan fingerprint density at radius 3 is 1.76 bits per heavy atom. The van der Waals surface area contributed by atoms with Gasteiger partial charge in [0.15, 0.2) is 0 Å². The average molecular weight is 496 g/mol. The number of hydrogen-bond acceptors (Lipinski definition) is 4. The lowest BCUT2D eigenvalue weighted by Gasteiger charge is -2.40. The van der Waals surface area contributed by atoms with Crippen LogP contribution >= 0.6 is 0 Å². The maximum Gasteiger partial charge on any atom is 0.237 e. The minimum Gasteiger partial charge on any atom is -0.356 e. The molecule has 4 aliphatic carbocycles. The summed E-state index contributed by atoms with van der Waals surface area (Å²) in [5, 5.41) is 3.42. The van der Waals surface area contributed by atoms with Crippen LogP contribution < -0.4 is 15.1 Å². The standard InChI is InChI=1S/C31H33N3O3/c35-27-15-25-17-1-2-18(13-17)26(25)16-33(27)23-9-5-21(6-10-23)32-22-7-11-24(12-8-22)34-30(36)28-19-3-4-20(14-19)29(28)31(34)37/h5-12,17-20,25-26,28-29,32H,1-4,13-16H2. The number of carbonyl (C=O) groups is 3. The number of imide groups is 1. The molecule has 0 spiro atoms. The fourth-order valence-corrected chi connectivity index (χ4v) is 9.25. The number of rotatable bonds is 4. The molecule has 2 aliphatic heterocycles. The predicted octanol–water partition coefficient (Wildman–Crippen LogP) is 5.36. The number of carbonyl (C=O) groups excluding carboxylic acids is 3. The number of piperidine rings is 1. The van der Waals surface area contributed by atoms with Crippen LogP contribution in [-0.4, -0.2) is 24.3 Å². The second-order valence-electron chi connectivity index (χ2n) is 12.5. The van der Waals surface area contributed by atoms with Gasteiger partial charge in [-0.3, -0.25) is 19.3 Å². The first-order valence-electron chi connectivity index (χ1n) is 14.2. The molecule has 6 aliphatic rings. The zero-order chi connectivity index (χ0) is 24.8. The number of hydrogen-bond donors (Lipinski definition) is 1. The first-order chi connectivity index (χ1) is 18.0. The van der Waals surface area contributed by atoms with Gasteiger partial charge in [-0.2, -0.15) is 0 Å². The first kappa shape index (κ1) is 21.9. The van der Waals surface area contributed by atoms with Crippen molar-refractivity contribution < 1.29 is 14.4 Å². The van der Waals surface area contributed by atoms with Gasteiger partial charge >= 0.3 is 0 Å². The minimum atomic E-state index is -0.0935. The van der Waals surface area contributed by atoms with Crippen molar-refractivity contribution >= 4 is 40.5 Å². The molecule has 0 aromatic heterocycles. The third kappa shape index (κ3) is 3.20. The van der Waals surface area contributed by atoms with E-state index in [0.717, 1.165) is 54.7 Å². The monoisotopic (exact) mass is 495 g/mol. The highest BCUT2D eigenvalue weighted by atomic mass is 16.2. The van der Waals surface area contributed by atoms with Gasteiger partial charge in [0.25, 0.3) is 0 Å². The van der Waals surface area contributed by atoms with E-state index in [1.54, 1.807) is 0 Å². The molecule has 1 N–H and O–H groups in total. The Bertz CT molecular complexity index is 1260. The molecule has 6 heteroatoms. The smallest absolute Gasteiger partial charge is 0.237 e. The lowest BCUT2D eigenvalue weighted by atomic mass is 9.75. The Morgan fingerprint density at radius 1 is 0.622 bits per heavy atom. The summed E-state index contributed by atoms with van der Waals surface area (Å²) in [5.74, 6) is 3.78. The van der Waals surface area contributed by atoms with E-state index in [2.05, 4.69) is 5.32 Å². The Morgan fingerprint density at radius 2 is 1.14 bits per heavy atom. The van der Waals surface area contributed by atoms with E-state index in [-0.39, 0.29) is 29.6 Å². The van der Waals surface area contributed by atoms with Crippen LogP contribution in [0.4, 0.5) is 22.7 Å². The van der Waals surface area contributed by atoms with Crippen LogP contribution in [0, 0.1) is 47.3 Å². The molecule has 4 bridgehead atoms. The minimum absolute atomic E-state index is 0.00233. The van der Waals surface area contributed by atoms with E-state index in [0.29, 0.717) is 35.8 Å². The maximum absolute atomic E-state index is 13.1. The summed E-state index contributed by atoms with van der Waals surface area (Å²) in [6, 6.07) is 15.7. The number of fused-ring (bicyclic) bond motifs is 10. The molecule has 190 valence electrons. The highest BCUT2D eigenvalue weighted by molar-refractivity contribution is 6.22. The summed E-state index contributed by atoms with van der Waals surface area (Å²) in [4.78, 5) is 42.6. The zero-order valence-corrected chi connectivity index (χ0v) is 21.0. The molecular weight excluding hydrogens is 462 g/mol. The van der Waals surface area contributed by atoms with Crippen LogP contribution in [0.25, 0.3) is 0 Å². The number of nitrogens with one attached hydrogen (secondary N) is 1. The summed E-state index contributed by atoms with van der Waals surface area (Å²) in [6.45, 7) is 0.871. The molecule has 37 heavy (non-hydrogen) atoms. The molecule has 2 aromatic rings. The van der Waals surface area contributed by atoms with Gasteiger partial charge in [0.2, 0.25) is 17.7 Å². The van der Waals surface area contributed by atoms with Gasteiger partial charge in [-0.25, -0.2) is 0 Å². The van der Waals surface area contributed by atoms with Crippen molar-refractivity contribution in [3.05, 3.63) is 48.5 Å². The van der Waals surface area contributed by atoms with Crippen molar-refractivity contribution in [3.8, 4) is 0 Å². The van der Waals surface area contributed by atoms with Gasteiger partial charge in [0, 0.05) is 30.0 Å². The van der Waals surface area contributed by atoms with E-state index in [1.165, 1.54) is 24.2 Å². The quantitative estimate of drug-likeness (QED) is 0.580. The van der Waals surface area contributed by atoms with Crippen LogP contribution in [0.15, 0.2) is 48.5 Å². The number of amides is 3. The summed E-state index contributed by atoms with van der Waals surface area (Å²) in [7, 11) is 0. The van der Waals surface area contributed by atoms with E-state index in [9.17, 15) is 14.4 Å². The Labute approximate surface area is 217 Å². The van der Waals surface area contributed by atoms with Crippen LogP contribution in [0.5, 0.6) is 0 Å². The highest BCUT2D eigenvalue weighted by Crippen LogP contribution is 2.57. The molecule has 6 fully saturated rings. The SMILES string of the molecule is O=C1CC2C3CCC(C3)C2CN1c1ccc(Nc2ccc(N3C(=O)C4C5CCC(C5)C4C3=O)cc2)cc1. The Balaban J connectivity index is 0.949. The summed E-state index contributed by atoms with van der Waals surface area (Å²) >= 11 is 0. The average Bonchev–Trinajstić information content (AvgIpc) is 3.73. The topological polar surface area (TPSA) is 69.7 Å². The van der Waals surface area contributed by atoms with Crippen LogP contribution in [0.3, 0.4) is 0 Å². The number of anilines is 4. The molecule has 3 amide bonds. The fourth-order valence-electron chi connectivity index (χ4n) is 9.25. The van der Waals surface area contributed by atoms with Crippen LogP contribution in [0.2, 0.25) is 0 Å². The molecular formula is C31H33N3O3. The van der Waals surface area contributed by atoms with Crippen molar-refractivity contribution in [2.24, 2.45) is 47.3 Å². The van der Waals surface area contributed by atoms with Gasteiger partial charge < -0.3 is 10.2 Å². The number of benzene rings is 2. The lowest BCUT2D eigenvalue weighted by molar-refractivity contribution is -0.124. The van der Waals surface area contributed by atoms with Crippen molar-refractivity contribution in [3.63, 3.8) is 0 Å². The molecule has 8 unspecified atom stereocenters. The van der Waals surface area contributed by atoms with Crippen molar-refractivity contribution in [1.82, 2.24) is 0 Å². The third-order valence-electron chi connectivity index (χ3n) is 10.9. The fraction of sp³-hybridized carbons (Fsp3) is 0.516. The van der Waals surface area contributed by atoms with Gasteiger partial charge in [0.1, 0.15) is 0 Å². The van der Waals surface area contributed by atoms with Gasteiger partial charge in [0.05, 0.1) is 17.5 Å². The Kier molecular flexibility index (Phi) is 4.69. The van der Waals surface area contributed by atoms with Crippen LogP contribution in [-0.2, 0) is 14.4 Å². The normalized spacial score (nSPS) is 37.5. The summed E-state index contributed by atoms with van der Waals surface area (Å²) in [6.07, 6.45) is 7.95. The lowest BCUT2D eigenvalue weighted by Crippen LogP contribution is -2.46.